The Balaban J connectivity index is 1.60. The minimum absolute atomic E-state index is 0.00963. The molecule has 0 unspecified atom stereocenters. The van der Waals surface area contributed by atoms with Crippen molar-refractivity contribution in [2.45, 2.75) is 12.4 Å². The van der Waals surface area contributed by atoms with Gasteiger partial charge in [0.2, 0.25) is 10.9 Å². The predicted molar refractivity (Wildman–Crippen MR) is 164 cm³/mol. The molecule has 10 heteroatoms. The first-order chi connectivity index (χ1) is 21.9. The highest BCUT2D eigenvalue weighted by Gasteiger charge is 2.36. The van der Waals surface area contributed by atoms with E-state index in [-0.39, 0.29) is 65.8 Å². The fourth-order valence-corrected chi connectivity index (χ4v) is 6.32. The van der Waals surface area contributed by atoms with Crippen LogP contribution in [0.25, 0.3) is 76.5 Å². The maximum absolute atomic E-state index is 14.7. The Bertz CT molecular complexity index is 2720. The van der Waals surface area contributed by atoms with Crippen LogP contribution in [0.2, 0.25) is 0 Å². The van der Waals surface area contributed by atoms with Gasteiger partial charge in [-0.1, -0.05) is 42.5 Å². The molecule has 0 aliphatic heterocycles. The largest absolute Gasteiger partial charge is 0.456 e. The third-order valence-corrected chi connectivity index (χ3v) is 8.29. The lowest BCUT2D eigenvalue weighted by molar-refractivity contribution is -0.137. The molecule has 0 bridgehead atoms. The maximum Gasteiger partial charge on any atom is 0.417 e. The van der Waals surface area contributed by atoms with E-state index in [4.69, 9.17) is 8.83 Å². The van der Waals surface area contributed by atoms with Gasteiger partial charge >= 0.3 is 12.4 Å². The highest BCUT2D eigenvalue weighted by Crippen LogP contribution is 2.45. The standard InChI is InChI=1S/C36H16F6O4/c37-35(38,39)24-9-5-6-17-14-22(34-31(29(17)24)33(44)21-8-2-4-11-27(21)46-34)18-15-23-19(25(16-18)36(40,41)42)12-13-28-30(23)32(43)20-7-1-3-10-26(20)45-28/h1-16H. The fourth-order valence-electron chi connectivity index (χ4n) is 6.32. The molecule has 8 aromatic rings. The van der Waals surface area contributed by atoms with Crippen LogP contribution in [-0.4, -0.2) is 0 Å². The maximum atomic E-state index is 14.7. The number of hydrogen-bond acceptors (Lipinski definition) is 4. The fraction of sp³-hybridized carbons (Fsp3) is 0.0556. The molecule has 8 rings (SSSR count). The smallest absolute Gasteiger partial charge is 0.417 e. The number of hydrogen-bond donors (Lipinski definition) is 0. The summed E-state index contributed by atoms with van der Waals surface area (Å²) < 4.78 is 98.9. The van der Waals surface area contributed by atoms with Gasteiger partial charge in [0.1, 0.15) is 22.3 Å². The normalized spacial score (nSPS) is 12.7. The van der Waals surface area contributed by atoms with Gasteiger partial charge in [-0.05, 0) is 76.3 Å². The van der Waals surface area contributed by atoms with Crippen LogP contribution < -0.4 is 10.9 Å². The first-order valence-corrected chi connectivity index (χ1v) is 13.9. The molecule has 0 saturated carbocycles. The molecule has 6 aromatic carbocycles. The third kappa shape index (κ3) is 4.02. The zero-order valence-electron chi connectivity index (χ0n) is 23.1. The van der Waals surface area contributed by atoms with Gasteiger partial charge in [-0.3, -0.25) is 9.59 Å². The average Bonchev–Trinajstić information content (AvgIpc) is 3.02. The molecule has 2 heterocycles. The van der Waals surface area contributed by atoms with Crippen molar-refractivity contribution in [1.29, 1.82) is 0 Å². The minimum Gasteiger partial charge on any atom is -0.456 e. The van der Waals surface area contributed by atoms with E-state index in [0.29, 0.717) is 0 Å². The van der Waals surface area contributed by atoms with Gasteiger partial charge in [0, 0.05) is 10.9 Å². The lowest BCUT2D eigenvalue weighted by Gasteiger charge is -2.17. The monoisotopic (exact) mass is 626 g/mol. The van der Waals surface area contributed by atoms with Gasteiger partial charge in [-0.25, -0.2) is 0 Å². The molecule has 0 radical (unpaired) electrons. The van der Waals surface area contributed by atoms with Crippen molar-refractivity contribution >= 4 is 65.4 Å². The van der Waals surface area contributed by atoms with Crippen LogP contribution in [0.4, 0.5) is 26.3 Å². The topological polar surface area (TPSA) is 60.4 Å². The van der Waals surface area contributed by atoms with E-state index in [0.717, 1.165) is 18.2 Å². The van der Waals surface area contributed by atoms with Gasteiger partial charge in [0.15, 0.2) is 0 Å². The SMILES string of the molecule is O=c1c2ccccc2oc2ccc3c(C(F)(F)F)cc(-c4cc5cccc(C(F)(F)F)c5c5c(=O)c6ccccc6oc45)cc3c12. The first-order valence-electron chi connectivity index (χ1n) is 13.9. The Morgan fingerprint density at radius 3 is 1.78 bits per heavy atom. The van der Waals surface area contributed by atoms with Gasteiger partial charge in [0.25, 0.3) is 0 Å². The van der Waals surface area contributed by atoms with Gasteiger partial charge < -0.3 is 8.83 Å². The molecule has 0 aliphatic rings. The van der Waals surface area contributed by atoms with Crippen molar-refractivity contribution in [3.05, 3.63) is 129 Å². The summed E-state index contributed by atoms with van der Waals surface area (Å²) in [4.78, 5) is 27.6. The van der Waals surface area contributed by atoms with Crippen molar-refractivity contribution in [1.82, 2.24) is 0 Å². The van der Waals surface area contributed by atoms with Gasteiger partial charge in [-0.15, -0.1) is 0 Å². The van der Waals surface area contributed by atoms with Crippen LogP contribution in [-0.2, 0) is 12.4 Å². The molecule has 0 spiro atoms. The highest BCUT2D eigenvalue weighted by molar-refractivity contribution is 6.17. The Morgan fingerprint density at radius 1 is 0.478 bits per heavy atom. The van der Waals surface area contributed by atoms with E-state index in [2.05, 4.69) is 0 Å². The molecule has 0 atom stereocenters. The summed E-state index contributed by atoms with van der Waals surface area (Å²) in [6, 6.07) is 21.6. The van der Waals surface area contributed by atoms with E-state index in [1.165, 1.54) is 54.6 Å². The third-order valence-electron chi connectivity index (χ3n) is 8.29. The minimum atomic E-state index is -4.90. The molecule has 0 amide bonds. The summed E-state index contributed by atoms with van der Waals surface area (Å²) in [6.45, 7) is 0. The Morgan fingerprint density at radius 2 is 1.11 bits per heavy atom. The first kappa shape index (κ1) is 27.9. The number of alkyl halides is 6. The van der Waals surface area contributed by atoms with Crippen molar-refractivity contribution < 1.29 is 35.2 Å². The lowest BCUT2D eigenvalue weighted by Crippen LogP contribution is -2.10. The highest BCUT2D eigenvalue weighted by atomic mass is 19.4. The van der Waals surface area contributed by atoms with E-state index >= 15 is 0 Å². The molecule has 2 aromatic heterocycles. The summed E-state index contributed by atoms with van der Waals surface area (Å²) in [7, 11) is 0. The average molecular weight is 627 g/mol. The Labute approximate surface area is 252 Å². The second-order valence-electron chi connectivity index (χ2n) is 10.9. The number of fused-ring (bicyclic) bond motifs is 8. The van der Waals surface area contributed by atoms with Crippen molar-refractivity contribution in [3.63, 3.8) is 0 Å². The quantitative estimate of drug-likeness (QED) is 0.103. The molecule has 46 heavy (non-hydrogen) atoms. The summed E-state index contributed by atoms with van der Waals surface area (Å²) in [6.07, 6.45) is -9.75. The van der Waals surface area contributed by atoms with Crippen molar-refractivity contribution in [3.8, 4) is 11.1 Å². The van der Waals surface area contributed by atoms with Crippen LogP contribution in [0.1, 0.15) is 11.1 Å². The van der Waals surface area contributed by atoms with Crippen LogP contribution in [0, 0.1) is 0 Å². The van der Waals surface area contributed by atoms with Crippen LogP contribution in [0.5, 0.6) is 0 Å². The zero-order valence-corrected chi connectivity index (χ0v) is 23.1. The van der Waals surface area contributed by atoms with Gasteiger partial charge in [-0.2, -0.15) is 26.3 Å². The molecule has 0 aliphatic carbocycles. The molecule has 0 fully saturated rings. The van der Waals surface area contributed by atoms with Crippen molar-refractivity contribution in [2.24, 2.45) is 0 Å². The summed E-state index contributed by atoms with van der Waals surface area (Å²) >= 11 is 0. The van der Waals surface area contributed by atoms with Crippen LogP contribution in [0.15, 0.2) is 115 Å². The Kier molecular flexibility index (Phi) is 5.72. The number of halogens is 6. The van der Waals surface area contributed by atoms with Gasteiger partial charge in [0.05, 0.1) is 32.7 Å². The van der Waals surface area contributed by atoms with Crippen molar-refractivity contribution in [2.75, 3.05) is 0 Å². The van der Waals surface area contributed by atoms with Crippen LogP contribution >= 0.6 is 0 Å². The predicted octanol–water partition coefficient (Wildman–Crippen LogP) is 10.2. The van der Waals surface area contributed by atoms with Crippen LogP contribution in [0.3, 0.4) is 0 Å². The molecule has 226 valence electrons. The molecular formula is C36H16F6O4. The molecule has 0 N–H and O–H groups in total. The summed E-state index contributed by atoms with van der Waals surface area (Å²) in [5, 5.41) is -1.16. The summed E-state index contributed by atoms with van der Waals surface area (Å²) in [5.74, 6) is 0. The summed E-state index contributed by atoms with van der Waals surface area (Å²) in [5.41, 5.74) is -3.65. The molecule has 0 saturated heterocycles. The second-order valence-corrected chi connectivity index (χ2v) is 10.9. The lowest BCUT2D eigenvalue weighted by atomic mass is 9.90. The number of rotatable bonds is 1. The Hall–Kier alpha value is -5.64. The zero-order chi connectivity index (χ0) is 32.1. The molecular weight excluding hydrogens is 610 g/mol. The van der Waals surface area contributed by atoms with E-state index in [1.54, 1.807) is 24.3 Å². The van der Waals surface area contributed by atoms with E-state index in [1.807, 2.05) is 0 Å². The molecule has 4 nitrogen and oxygen atoms in total. The van der Waals surface area contributed by atoms with E-state index < -0.39 is 45.1 Å². The second kappa shape index (κ2) is 9.43. The number of benzene rings is 6. The number of para-hydroxylation sites is 2. The van der Waals surface area contributed by atoms with E-state index in [9.17, 15) is 35.9 Å².